The molecule has 0 aliphatic carbocycles. The van der Waals surface area contributed by atoms with Crippen LogP contribution < -0.4 is 10.9 Å². The van der Waals surface area contributed by atoms with Crippen LogP contribution in [0, 0.1) is 11.6 Å². The van der Waals surface area contributed by atoms with Crippen molar-refractivity contribution in [2.75, 3.05) is 0 Å². The summed E-state index contributed by atoms with van der Waals surface area (Å²) in [6, 6.07) is 12.6. The van der Waals surface area contributed by atoms with Gasteiger partial charge in [0.05, 0.1) is 18.2 Å². The lowest BCUT2D eigenvalue weighted by Gasteiger charge is -2.20. The lowest BCUT2D eigenvalue weighted by Crippen LogP contribution is -2.32. The molecule has 0 saturated heterocycles. The highest BCUT2D eigenvalue weighted by Crippen LogP contribution is 2.19. The van der Waals surface area contributed by atoms with Crippen molar-refractivity contribution in [1.29, 1.82) is 0 Å². The average molecular weight is 411 g/mol. The molecule has 156 valence electrons. The van der Waals surface area contributed by atoms with Gasteiger partial charge in [-0.15, -0.1) is 0 Å². The topological polar surface area (TPSA) is 74.8 Å². The monoisotopic (exact) mass is 411 g/mol. The maximum absolute atomic E-state index is 13.9. The van der Waals surface area contributed by atoms with Crippen molar-refractivity contribution in [3.8, 4) is 0 Å². The van der Waals surface area contributed by atoms with E-state index < -0.39 is 17.7 Å². The molecule has 3 rings (SSSR count). The molecule has 0 unspecified atom stereocenters. The highest BCUT2D eigenvalue weighted by atomic mass is 19.1. The van der Waals surface area contributed by atoms with Gasteiger partial charge in [-0.05, 0) is 29.3 Å². The van der Waals surface area contributed by atoms with E-state index in [-0.39, 0.29) is 35.8 Å². The Morgan fingerprint density at radius 2 is 1.80 bits per heavy atom. The van der Waals surface area contributed by atoms with Gasteiger partial charge in [0.2, 0.25) is 5.91 Å². The van der Waals surface area contributed by atoms with Crippen LogP contribution in [-0.4, -0.2) is 15.9 Å². The zero-order valence-corrected chi connectivity index (χ0v) is 16.8. The summed E-state index contributed by atoms with van der Waals surface area (Å²) in [6.45, 7) is 3.82. The van der Waals surface area contributed by atoms with Crippen molar-refractivity contribution in [1.82, 2.24) is 15.3 Å². The largest absolute Gasteiger partial charge is 0.349 e. The zero-order chi connectivity index (χ0) is 21.7. The number of H-pyrrole nitrogens is 1. The van der Waals surface area contributed by atoms with E-state index in [0.29, 0.717) is 17.1 Å². The second-order valence-electron chi connectivity index (χ2n) is 7.42. The van der Waals surface area contributed by atoms with Crippen molar-refractivity contribution >= 4 is 5.91 Å². The molecular weight excluding hydrogens is 388 g/mol. The quantitative estimate of drug-likeness (QED) is 0.621. The smallest absolute Gasteiger partial charge is 0.251 e. The standard InChI is InChI=1S/C23H23F2N3O2/c1-14(2)23-26-18(13-22(30)28-23)12-20(15-7-9-17(24)10-8-15)27-21(29)11-16-5-3-4-6-19(16)25/h3-10,13-14,20H,11-12H2,1-2H3,(H,27,29)(H,26,28,30)/t20-/m1/s1. The predicted octanol–water partition coefficient (Wildman–Crippen LogP) is 3.81. The van der Waals surface area contributed by atoms with Crippen molar-refractivity contribution in [2.45, 2.75) is 38.6 Å². The van der Waals surface area contributed by atoms with E-state index in [1.165, 1.54) is 24.3 Å². The van der Waals surface area contributed by atoms with Gasteiger partial charge < -0.3 is 10.3 Å². The third-order valence-electron chi connectivity index (χ3n) is 4.69. The van der Waals surface area contributed by atoms with Crippen LogP contribution in [0.5, 0.6) is 0 Å². The molecule has 1 amide bonds. The number of hydrogen-bond donors (Lipinski definition) is 2. The second kappa shape index (κ2) is 9.43. The van der Waals surface area contributed by atoms with E-state index in [2.05, 4.69) is 15.3 Å². The van der Waals surface area contributed by atoms with E-state index in [1.54, 1.807) is 30.3 Å². The predicted molar refractivity (Wildman–Crippen MR) is 110 cm³/mol. The first-order chi connectivity index (χ1) is 14.3. The Kier molecular flexibility index (Phi) is 6.72. The van der Waals surface area contributed by atoms with E-state index in [1.807, 2.05) is 13.8 Å². The van der Waals surface area contributed by atoms with Crippen LogP contribution in [0.2, 0.25) is 0 Å². The Morgan fingerprint density at radius 1 is 1.10 bits per heavy atom. The highest BCUT2D eigenvalue weighted by molar-refractivity contribution is 5.79. The van der Waals surface area contributed by atoms with Crippen LogP contribution in [0.15, 0.2) is 59.4 Å². The first-order valence-electron chi connectivity index (χ1n) is 9.70. The fraction of sp³-hybridized carbons (Fsp3) is 0.261. The number of hydrogen-bond acceptors (Lipinski definition) is 3. The molecule has 3 aromatic rings. The first kappa shape index (κ1) is 21.4. The summed E-state index contributed by atoms with van der Waals surface area (Å²) in [5.74, 6) is -0.663. The van der Waals surface area contributed by atoms with Gasteiger partial charge in [0, 0.05) is 18.4 Å². The molecule has 1 aromatic heterocycles. The fourth-order valence-corrected chi connectivity index (χ4v) is 3.12. The molecule has 0 aliphatic heterocycles. The zero-order valence-electron chi connectivity index (χ0n) is 16.8. The van der Waals surface area contributed by atoms with Gasteiger partial charge in [-0.25, -0.2) is 13.8 Å². The Bertz CT molecular complexity index is 1080. The van der Waals surface area contributed by atoms with Gasteiger partial charge in [-0.2, -0.15) is 0 Å². The molecule has 2 N–H and O–H groups in total. The van der Waals surface area contributed by atoms with Gasteiger partial charge in [-0.1, -0.05) is 44.2 Å². The molecule has 1 heterocycles. The number of carbonyl (C=O) groups is 1. The van der Waals surface area contributed by atoms with Crippen LogP contribution in [0.4, 0.5) is 8.78 Å². The number of aromatic amines is 1. The molecule has 1 atom stereocenters. The summed E-state index contributed by atoms with van der Waals surface area (Å²) >= 11 is 0. The van der Waals surface area contributed by atoms with Gasteiger partial charge >= 0.3 is 0 Å². The van der Waals surface area contributed by atoms with Crippen molar-refractivity contribution < 1.29 is 13.6 Å². The minimum atomic E-state index is -0.556. The Balaban J connectivity index is 1.86. The van der Waals surface area contributed by atoms with Crippen molar-refractivity contribution in [3.05, 3.63) is 99.2 Å². The van der Waals surface area contributed by atoms with Gasteiger partial charge in [0.25, 0.3) is 5.56 Å². The number of rotatable bonds is 7. The number of amides is 1. The van der Waals surface area contributed by atoms with Gasteiger partial charge in [-0.3, -0.25) is 9.59 Å². The molecule has 5 nitrogen and oxygen atoms in total. The van der Waals surface area contributed by atoms with Crippen LogP contribution >= 0.6 is 0 Å². The van der Waals surface area contributed by atoms with E-state index in [4.69, 9.17) is 0 Å². The Morgan fingerprint density at radius 3 is 2.47 bits per heavy atom. The maximum atomic E-state index is 13.9. The van der Waals surface area contributed by atoms with Gasteiger partial charge in [0.15, 0.2) is 0 Å². The number of carbonyl (C=O) groups excluding carboxylic acids is 1. The minimum absolute atomic E-state index is 0.0255. The molecule has 2 aromatic carbocycles. The average Bonchev–Trinajstić information content (AvgIpc) is 2.69. The lowest BCUT2D eigenvalue weighted by molar-refractivity contribution is -0.121. The summed E-state index contributed by atoms with van der Waals surface area (Å²) in [5.41, 5.74) is 1.16. The summed E-state index contributed by atoms with van der Waals surface area (Å²) in [4.78, 5) is 31.8. The molecular formula is C23H23F2N3O2. The lowest BCUT2D eigenvalue weighted by atomic mass is 10.0. The SMILES string of the molecule is CC(C)c1nc(C[C@@H](NC(=O)Cc2ccccc2F)c2ccc(F)cc2)cc(=O)[nH]1. The molecule has 0 aliphatic rings. The normalized spacial score (nSPS) is 12.0. The first-order valence-corrected chi connectivity index (χ1v) is 9.70. The Hall–Kier alpha value is -3.35. The summed E-state index contributed by atoms with van der Waals surface area (Å²) < 4.78 is 27.3. The van der Waals surface area contributed by atoms with Crippen LogP contribution in [0.3, 0.4) is 0 Å². The van der Waals surface area contributed by atoms with Crippen LogP contribution in [0.1, 0.15) is 48.5 Å². The third kappa shape index (κ3) is 5.59. The summed E-state index contributed by atoms with van der Waals surface area (Å²) in [5, 5.41) is 2.86. The van der Waals surface area contributed by atoms with Crippen LogP contribution in [0.25, 0.3) is 0 Å². The molecule has 30 heavy (non-hydrogen) atoms. The summed E-state index contributed by atoms with van der Waals surface area (Å²) in [6.07, 6.45) is 0.0999. The highest BCUT2D eigenvalue weighted by Gasteiger charge is 2.18. The number of halogens is 2. The van der Waals surface area contributed by atoms with Gasteiger partial charge in [0.1, 0.15) is 17.5 Å². The van der Waals surface area contributed by atoms with E-state index in [0.717, 1.165) is 0 Å². The minimum Gasteiger partial charge on any atom is -0.349 e. The maximum Gasteiger partial charge on any atom is 0.251 e. The van der Waals surface area contributed by atoms with E-state index in [9.17, 15) is 18.4 Å². The number of aromatic nitrogens is 2. The van der Waals surface area contributed by atoms with Crippen LogP contribution in [-0.2, 0) is 17.6 Å². The third-order valence-corrected chi connectivity index (χ3v) is 4.69. The number of benzene rings is 2. The molecule has 0 bridgehead atoms. The molecule has 0 radical (unpaired) electrons. The molecule has 7 heteroatoms. The second-order valence-corrected chi connectivity index (χ2v) is 7.42. The molecule has 0 spiro atoms. The van der Waals surface area contributed by atoms with E-state index >= 15 is 0 Å². The Labute approximate surface area is 173 Å². The molecule has 0 fully saturated rings. The number of nitrogens with one attached hydrogen (secondary N) is 2. The summed E-state index contributed by atoms with van der Waals surface area (Å²) in [7, 11) is 0. The van der Waals surface area contributed by atoms with Crippen molar-refractivity contribution in [3.63, 3.8) is 0 Å². The fourth-order valence-electron chi connectivity index (χ4n) is 3.12. The van der Waals surface area contributed by atoms with Crippen molar-refractivity contribution in [2.24, 2.45) is 0 Å². The molecule has 0 saturated carbocycles. The number of nitrogens with zero attached hydrogens (tertiary/aromatic N) is 1.